The number of anilines is 1. The number of hydrogen-bond acceptors (Lipinski definition) is 5. The molecule has 1 aromatic carbocycles. The van der Waals surface area contributed by atoms with E-state index in [0.29, 0.717) is 17.9 Å². The second kappa shape index (κ2) is 9.33. The molecule has 0 fully saturated rings. The number of benzene rings is 1. The highest BCUT2D eigenvalue weighted by Gasteiger charge is 2.25. The van der Waals surface area contributed by atoms with Crippen molar-refractivity contribution in [1.29, 1.82) is 0 Å². The lowest BCUT2D eigenvalue weighted by Crippen LogP contribution is -2.46. The first-order chi connectivity index (χ1) is 14.8. The minimum absolute atomic E-state index is 0.0823. The van der Waals surface area contributed by atoms with Gasteiger partial charge in [0.05, 0.1) is 6.20 Å². The highest BCUT2D eigenvalue weighted by molar-refractivity contribution is 5.99. The molecule has 0 aliphatic heterocycles. The van der Waals surface area contributed by atoms with Crippen LogP contribution in [0.4, 0.5) is 10.2 Å². The van der Waals surface area contributed by atoms with Crippen LogP contribution in [0.3, 0.4) is 0 Å². The van der Waals surface area contributed by atoms with Crippen molar-refractivity contribution >= 4 is 17.6 Å². The fraction of sp³-hybridized carbons (Fsp3) is 0.286. The van der Waals surface area contributed by atoms with E-state index in [1.54, 1.807) is 19.1 Å². The molecule has 162 valence electrons. The number of rotatable bonds is 7. The Bertz CT molecular complexity index is 1140. The van der Waals surface area contributed by atoms with Gasteiger partial charge >= 0.3 is 0 Å². The quantitative estimate of drug-likeness (QED) is 0.535. The zero-order valence-corrected chi connectivity index (χ0v) is 17.3. The van der Waals surface area contributed by atoms with Crippen LogP contribution in [-0.2, 0) is 4.79 Å². The number of halogens is 1. The minimum atomic E-state index is -0.916. The lowest BCUT2D eigenvalue weighted by molar-refractivity contribution is -0.118. The van der Waals surface area contributed by atoms with E-state index < -0.39 is 34.8 Å². The second-order valence-corrected chi connectivity index (χ2v) is 7.48. The molecule has 0 aliphatic carbocycles. The van der Waals surface area contributed by atoms with Crippen molar-refractivity contribution in [1.82, 2.24) is 25.3 Å². The fourth-order valence-corrected chi connectivity index (χ4v) is 3.05. The van der Waals surface area contributed by atoms with Gasteiger partial charge in [-0.1, -0.05) is 26.0 Å². The second-order valence-electron chi connectivity index (χ2n) is 7.48. The first-order valence-corrected chi connectivity index (χ1v) is 9.73. The smallest absolute Gasteiger partial charge is 0.276 e. The molecule has 3 aromatic rings. The van der Waals surface area contributed by atoms with E-state index in [9.17, 15) is 18.8 Å². The first kappa shape index (κ1) is 21.9. The van der Waals surface area contributed by atoms with E-state index in [2.05, 4.69) is 25.9 Å². The number of aromatic nitrogens is 4. The van der Waals surface area contributed by atoms with Crippen molar-refractivity contribution in [2.75, 3.05) is 5.32 Å². The molecule has 10 heteroatoms. The lowest BCUT2D eigenvalue weighted by Gasteiger charge is -2.20. The third-order valence-electron chi connectivity index (χ3n) is 4.49. The number of aryl methyl sites for hydroxylation is 1. The van der Waals surface area contributed by atoms with Crippen LogP contribution < -0.4 is 16.1 Å². The molecule has 31 heavy (non-hydrogen) atoms. The molecule has 0 spiro atoms. The summed E-state index contributed by atoms with van der Waals surface area (Å²) in [6.07, 6.45) is 1.81. The van der Waals surface area contributed by atoms with Gasteiger partial charge < -0.3 is 10.6 Å². The van der Waals surface area contributed by atoms with Gasteiger partial charge in [0.25, 0.3) is 5.91 Å². The topological polar surface area (TPSA) is 122 Å². The normalized spacial score (nSPS) is 11.9. The third-order valence-corrected chi connectivity index (χ3v) is 4.49. The monoisotopic (exact) mass is 426 g/mol. The van der Waals surface area contributed by atoms with Crippen LogP contribution in [0, 0.1) is 18.7 Å². The minimum Gasteiger partial charge on any atom is -0.339 e. The molecular weight excluding hydrogens is 403 g/mol. The van der Waals surface area contributed by atoms with Crippen LogP contribution in [-0.4, -0.2) is 37.8 Å². The standard InChI is InChI=1S/C21H23FN6O3/c1-12(2)10-15(20(30)25-18-8-9-23-26-18)24-21(31)19-17(29)11-13(3)28(27-19)16-7-5-4-6-14(16)22/h4-9,11-12,15H,10H2,1-3H3,(H,24,31)(H2,23,25,26,30). The molecule has 9 nitrogen and oxygen atoms in total. The SMILES string of the molecule is Cc1cc(=O)c(C(=O)NC(CC(C)C)C(=O)Nc2ccn[nH]2)nn1-c1ccccc1F. The maximum absolute atomic E-state index is 14.2. The molecule has 3 rings (SSSR count). The summed E-state index contributed by atoms with van der Waals surface area (Å²) in [7, 11) is 0. The molecule has 1 atom stereocenters. The Morgan fingerprint density at radius 1 is 1.23 bits per heavy atom. The maximum atomic E-state index is 14.2. The Hall–Kier alpha value is -3.82. The average molecular weight is 426 g/mol. The number of nitrogens with zero attached hydrogens (tertiary/aromatic N) is 3. The van der Waals surface area contributed by atoms with Gasteiger partial charge in [-0.05, 0) is 31.4 Å². The Labute approximate surface area is 177 Å². The lowest BCUT2D eigenvalue weighted by atomic mass is 10.0. The van der Waals surface area contributed by atoms with Gasteiger partial charge in [-0.3, -0.25) is 19.5 Å². The molecule has 2 heterocycles. The molecule has 0 saturated heterocycles. The van der Waals surface area contributed by atoms with E-state index in [-0.39, 0.29) is 11.6 Å². The molecule has 1 unspecified atom stereocenters. The summed E-state index contributed by atoms with van der Waals surface area (Å²) < 4.78 is 15.4. The van der Waals surface area contributed by atoms with Gasteiger partial charge in [-0.15, -0.1) is 0 Å². The number of aromatic amines is 1. The fourth-order valence-electron chi connectivity index (χ4n) is 3.05. The van der Waals surface area contributed by atoms with Crippen LogP contribution in [0.15, 0.2) is 47.4 Å². The third kappa shape index (κ3) is 5.21. The Morgan fingerprint density at radius 3 is 2.61 bits per heavy atom. The Balaban J connectivity index is 1.89. The Kier molecular flexibility index (Phi) is 6.58. The predicted octanol–water partition coefficient (Wildman–Crippen LogP) is 2.19. The van der Waals surface area contributed by atoms with Crippen molar-refractivity contribution in [2.45, 2.75) is 33.2 Å². The van der Waals surface area contributed by atoms with Gasteiger partial charge in [0.15, 0.2) is 5.69 Å². The van der Waals surface area contributed by atoms with E-state index in [1.807, 2.05) is 13.8 Å². The molecule has 2 amide bonds. The zero-order valence-electron chi connectivity index (χ0n) is 17.3. The highest BCUT2D eigenvalue weighted by Crippen LogP contribution is 2.13. The number of carbonyl (C=O) groups is 2. The maximum Gasteiger partial charge on any atom is 0.276 e. The summed E-state index contributed by atoms with van der Waals surface area (Å²) in [5.74, 6) is -1.37. The molecule has 0 radical (unpaired) electrons. The van der Waals surface area contributed by atoms with E-state index >= 15 is 0 Å². The number of para-hydroxylation sites is 1. The van der Waals surface area contributed by atoms with Crippen molar-refractivity contribution in [3.63, 3.8) is 0 Å². The summed E-state index contributed by atoms with van der Waals surface area (Å²) in [4.78, 5) is 38.0. The molecule has 0 bridgehead atoms. The highest BCUT2D eigenvalue weighted by atomic mass is 19.1. The van der Waals surface area contributed by atoms with Gasteiger partial charge in [-0.25, -0.2) is 9.07 Å². The zero-order chi connectivity index (χ0) is 22.5. The van der Waals surface area contributed by atoms with Crippen molar-refractivity contribution in [3.05, 3.63) is 70.0 Å². The number of hydrogen-bond donors (Lipinski definition) is 3. The van der Waals surface area contributed by atoms with Gasteiger partial charge in [0.1, 0.15) is 23.4 Å². The first-order valence-electron chi connectivity index (χ1n) is 9.73. The Morgan fingerprint density at radius 2 is 1.97 bits per heavy atom. The van der Waals surface area contributed by atoms with Crippen LogP contribution in [0.25, 0.3) is 5.69 Å². The average Bonchev–Trinajstić information content (AvgIpc) is 3.21. The van der Waals surface area contributed by atoms with Gasteiger partial charge in [0.2, 0.25) is 11.3 Å². The molecule has 0 aliphatic rings. The summed E-state index contributed by atoms with van der Waals surface area (Å²) in [6.45, 7) is 5.39. The van der Waals surface area contributed by atoms with E-state index in [4.69, 9.17) is 0 Å². The molecule has 2 aromatic heterocycles. The predicted molar refractivity (Wildman–Crippen MR) is 112 cm³/mol. The van der Waals surface area contributed by atoms with Crippen LogP contribution in [0.1, 0.15) is 36.5 Å². The van der Waals surface area contributed by atoms with Crippen molar-refractivity contribution in [3.8, 4) is 5.69 Å². The molecule has 3 N–H and O–H groups in total. The number of carbonyl (C=O) groups excluding carboxylic acids is 2. The van der Waals surface area contributed by atoms with Crippen LogP contribution in [0.5, 0.6) is 0 Å². The largest absolute Gasteiger partial charge is 0.339 e. The van der Waals surface area contributed by atoms with E-state index in [0.717, 1.165) is 0 Å². The van der Waals surface area contributed by atoms with E-state index in [1.165, 1.54) is 35.1 Å². The summed E-state index contributed by atoms with van der Waals surface area (Å²) in [5, 5.41) is 15.6. The van der Waals surface area contributed by atoms with Crippen molar-refractivity contribution < 1.29 is 14.0 Å². The molecule has 0 saturated carbocycles. The summed E-state index contributed by atoms with van der Waals surface area (Å²) in [6, 6.07) is 7.75. The number of amides is 2. The van der Waals surface area contributed by atoms with Gasteiger partial charge in [0, 0.05) is 17.8 Å². The number of H-pyrrole nitrogens is 1. The van der Waals surface area contributed by atoms with Crippen LogP contribution in [0.2, 0.25) is 0 Å². The summed E-state index contributed by atoms with van der Waals surface area (Å²) >= 11 is 0. The van der Waals surface area contributed by atoms with Crippen LogP contribution >= 0.6 is 0 Å². The molecular formula is C21H23FN6O3. The number of nitrogens with one attached hydrogen (secondary N) is 3. The summed E-state index contributed by atoms with van der Waals surface area (Å²) in [5.41, 5.74) is -0.594. The van der Waals surface area contributed by atoms with Gasteiger partial charge in [-0.2, -0.15) is 10.2 Å². The van der Waals surface area contributed by atoms with Crippen molar-refractivity contribution in [2.24, 2.45) is 5.92 Å².